The SMILES string of the molecule is COc1ccc(Br)c2c1C(C(=O)NS(=O)(=O)c1cccc3cnn(C)c13)CCO2. The lowest BCUT2D eigenvalue weighted by Crippen LogP contribution is -2.37. The summed E-state index contributed by atoms with van der Waals surface area (Å²) in [6, 6.07) is 8.31. The predicted octanol–water partition coefficient (Wildman–Crippen LogP) is 2.72. The molecule has 4 rings (SSSR count). The van der Waals surface area contributed by atoms with E-state index in [1.54, 1.807) is 37.5 Å². The minimum Gasteiger partial charge on any atom is -0.496 e. The number of benzene rings is 2. The number of rotatable bonds is 4. The molecule has 0 saturated carbocycles. The van der Waals surface area contributed by atoms with Crippen LogP contribution in [0.15, 0.2) is 45.9 Å². The molecule has 1 unspecified atom stereocenters. The van der Waals surface area contributed by atoms with E-state index in [2.05, 4.69) is 25.8 Å². The lowest BCUT2D eigenvalue weighted by Gasteiger charge is -2.27. The summed E-state index contributed by atoms with van der Waals surface area (Å²) in [4.78, 5) is 13.0. The molecule has 0 bridgehead atoms. The maximum Gasteiger partial charge on any atom is 0.266 e. The topological polar surface area (TPSA) is 99.5 Å². The third-order valence-corrected chi connectivity index (χ3v) is 6.90. The van der Waals surface area contributed by atoms with Crippen molar-refractivity contribution in [1.82, 2.24) is 14.5 Å². The molecule has 2 heterocycles. The molecule has 1 N–H and O–H groups in total. The second kappa shape index (κ2) is 7.34. The Labute approximate surface area is 176 Å². The number of para-hydroxylation sites is 1. The molecular formula is C19H18BrN3O5S. The zero-order valence-corrected chi connectivity index (χ0v) is 18.1. The van der Waals surface area contributed by atoms with Crippen LogP contribution in [0.5, 0.6) is 11.5 Å². The molecule has 29 heavy (non-hydrogen) atoms. The standard InChI is InChI=1S/C19H18BrN3O5S/c1-23-17-11(10-21-23)4-3-5-15(17)29(25,26)22-19(24)12-8-9-28-18-13(20)6-7-14(27-2)16(12)18/h3-7,10,12H,8-9H2,1-2H3,(H,22,24). The van der Waals surface area contributed by atoms with Crippen LogP contribution < -0.4 is 14.2 Å². The molecule has 2 aromatic carbocycles. The van der Waals surface area contributed by atoms with Gasteiger partial charge >= 0.3 is 0 Å². The summed E-state index contributed by atoms with van der Waals surface area (Å²) >= 11 is 3.41. The second-order valence-corrected chi connectivity index (χ2v) is 9.12. The van der Waals surface area contributed by atoms with Crippen molar-refractivity contribution in [3.63, 3.8) is 0 Å². The minimum atomic E-state index is -4.11. The van der Waals surface area contributed by atoms with E-state index in [1.165, 1.54) is 17.9 Å². The van der Waals surface area contributed by atoms with E-state index in [0.29, 0.717) is 38.9 Å². The van der Waals surface area contributed by atoms with E-state index in [4.69, 9.17) is 9.47 Å². The molecule has 10 heteroatoms. The van der Waals surface area contributed by atoms with Crippen molar-refractivity contribution >= 4 is 42.8 Å². The Hall–Kier alpha value is -2.59. The Morgan fingerprint density at radius 3 is 2.90 bits per heavy atom. The molecule has 152 valence electrons. The molecule has 0 spiro atoms. The number of sulfonamides is 1. The zero-order valence-electron chi connectivity index (χ0n) is 15.7. The fourth-order valence-corrected chi connectivity index (χ4v) is 5.31. The second-order valence-electron chi connectivity index (χ2n) is 6.61. The first-order valence-electron chi connectivity index (χ1n) is 8.80. The Morgan fingerprint density at radius 2 is 2.14 bits per heavy atom. The molecule has 1 atom stereocenters. The van der Waals surface area contributed by atoms with E-state index in [9.17, 15) is 13.2 Å². The molecule has 1 aromatic heterocycles. The Kier molecular flexibility index (Phi) is 4.99. The number of aromatic nitrogens is 2. The van der Waals surface area contributed by atoms with Crippen LogP contribution >= 0.6 is 15.9 Å². The van der Waals surface area contributed by atoms with E-state index in [0.717, 1.165) is 0 Å². The van der Waals surface area contributed by atoms with Gasteiger partial charge in [-0.25, -0.2) is 13.1 Å². The lowest BCUT2D eigenvalue weighted by molar-refractivity contribution is -0.121. The highest BCUT2D eigenvalue weighted by molar-refractivity contribution is 9.10. The number of amides is 1. The minimum absolute atomic E-state index is 0.00293. The number of methoxy groups -OCH3 is 1. The molecule has 0 saturated heterocycles. The van der Waals surface area contributed by atoms with Gasteiger partial charge in [0.1, 0.15) is 16.4 Å². The number of fused-ring (bicyclic) bond motifs is 2. The Morgan fingerprint density at radius 1 is 1.34 bits per heavy atom. The summed E-state index contributed by atoms with van der Waals surface area (Å²) in [5, 5.41) is 4.77. The molecule has 3 aromatic rings. The Balaban J connectivity index is 1.72. The number of halogens is 1. The van der Waals surface area contributed by atoms with Gasteiger partial charge in [0, 0.05) is 18.0 Å². The van der Waals surface area contributed by atoms with Gasteiger partial charge < -0.3 is 9.47 Å². The number of ether oxygens (including phenoxy) is 2. The highest BCUT2D eigenvalue weighted by Gasteiger charge is 2.35. The highest BCUT2D eigenvalue weighted by atomic mass is 79.9. The zero-order chi connectivity index (χ0) is 20.8. The van der Waals surface area contributed by atoms with Gasteiger partial charge in [-0.15, -0.1) is 0 Å². The van der Waals surface area contributed by atoms with E-state index in [-0.39, 0.29) is 11.5 Å². The number of hydrogen-bond donors (Lipinski definition) is 1. The fourth-order valence-electron chi connectivity index (χ4n) is 3.57. The number of carbonyl (C=O) groups is 1. The van der Waals surface area contributed by atoms with Gasteiger partial charge in [-0.1, -0.05) is 12.1 Å². The van der Waals surface area contributed by atoms with Crippen molar-refractivity contribution in [3.8, 4) is 11.5 Å². The van der Waals surface area contributed by atoms with Crippen LogP contribution in [0, 0.1) is 0 Å². The van der Waals surface area contributed by atoms with Crippen LogP contribution in [0.1, 0.15) is 17.9 Å². The normalized spacial score (nSPS) is 16.2. The summed E-state index contributed by atoms with van der Waals surface area (Å²) in [7, 11) is -0.968. The van der Waals surface area contributed by atoms with Crippen molar-refractivity contribution in [2.75, 3.05) is 13.7 Å². The first-order chi connectivity index (χ1) is 13.8. The summed E-state index contributed by atoms with van der Waals surface area (Å²) in [6.45, 7) is 0.286. The highest BCUT2D eigenvalue weighted by Crippen LogP contribution is 2.44. The lowest BCUT2D eigenvalue weighted by atomic mass is 9.91. The molecule has 1 aliphatic heterocycles. The number of carbonyl (C=O) groups excluding carboxylic acids is 1. The summed E-state index contributed by atoms with van der Waals surface area (Å²) in [6.07, 6.45) is 1.91. The summed E-state index contributed by atoms with van der Waals surface area (Å²) in [5.74, 6) is -0.409. The molecule has 1 amide bonds. The summed E-state index contributed by atoms with van der Waals surface area (Å²) in [5.41, 5.74) is 0.958. The van der Waals surface area contributed by atoms with Crippen LogP contribution in [-0.4, -0.2) is 37.8 Å². The average molecular weight is 480 g/mol. The van der Waals surface area contributed by atoms with Gasteiger partial charge in [-0.2, -0.15) is 5.10 Å². The molecule has 0 radical (unpaired) electrons. The first-order valence-corrected chi connectivity index (χ1v) is 11.1. The van der Waals surface area contributed by atoms with Crippen molar-refractivity contribution in [1.29, 1.82) is 0 Å². The molecular weight excluding hydrogens is 462 g/mol. The number of nitrogens with one attached hydrogen (secondary N) is 1. The van der Waals surface area contributed by atoms with Gasteiger partial charge in [0.15, 0.2) is 0 Å². The smallest absolute Gasteiger partial charge is 0.266 e. The Bertz CT molecular complexity index is 1220. The van der Waals surface area contributed by atoms with E-state index < -0.39 is 21.8 Å². The third kappa shape index (κ3) is 3.36. The predicted molar refractivity (Wildman–Crippen MR) is 110 cm³/mol. The molecule has 1 aliphatic rings. The van der Waals surface area contributed by atoms with Gasteiger partial charge in [0.05, 0.1) is 35.8 Å². The van der Waals surface area contributed by atoms with Crippen molar-refractivity contribution in [2.24, 2.45) is 7.05 Å². The van der Waals surface area contributed by atoms with Crippen LogP contribution in [-0.2, 0) is 21.9 Å². The van der Waals surface area contributed by atoms with Gasteiger partial charge in [-0.05, 0) is 40.5 Å². The van der Waals surface area contributed by atoms with Crippen molar-refractivity contribution < 1.29 is 22.7 Å². The van der Waals surface area contributed by atoms with Crippen molar-refractivity contribution in [3.05, 3.63) is 46.6 Å². The van der Waals surface area contributed by atoms with Crippen molar-refractivity contribution in [2.45, 2.75) is 17.2 Å². The van der Waals surface area contributed by atoms with E-state index in [1.807, 2.05) is 0 Å². The fraction of sp³-hybridized carbons (Fsp3) is 0.263. The monoisotopic (exact) mass is 479 g/mol. The largest absolute Gasteiger partial charge is 0.496 e. The van der Waals surface area contributed by atoms with Gasteiger partial charge in [0.2, 0.25) is 5.91 Å². The van der Waals surface area contributed by atoms with Gasteiger partial charge in [-0.3, -0.25) is 9.48 Å². The maximum absolute atomic E-state index is 13.0. The molecule has 8 nitrogen and oxygen atoms in total. The quantitative estimate of drug-likeness (QED) is 0.617. The number of aryl methyl sites for hydroxylation is 1. The van der Waals surface area contributed by atoms with Crippen LogP contribution in [0.2, 0.25) is 0 Å². The number of hydrogen-bond acceptors (Lipinski definition) is 6. The summed E-state index contributed by atoms with van der Waals surface area (Å²) < 4.78 is 41.5. The average Bonchev–Trinajstić information content (AvgIpc) is 3.09. The first kappa shape index (κ1) is 19.7. The maximum atomic E-state index is 13.0. The van der Waals surface area contributed by atoms with E-state index >= 15 is 0 Å². The van der Waals surface area contributed by atoms with Gasteiger partial charge in [0.25, 0.3) is 10.0 Å². The third-order valence-electron chi connectivity index (χ3n) is 4.89. The van der Waals surface area contributed by atoms with Crippen LogP contribution in [0.25, 0.3) is 10.9 Å². The molecule has 0 aliphatic carbocycles. The molecule has 0 fully saturated rings. The van der Waals surface area contributed by atoms with Crippen LogP contribution in [0.3, 0.4) is 0 Å². The number of nitrogens with zero attached hydrogens (tertiary/aromatic N) is 2. The van der Waals surface area contributed by atoms with Crippen LogP contribution in [0.4, 0.5) is 0 Å².